The summed E-state index contributed by atoms with van der Waals surface area (Å²) in [5.74, 6) is 1.34. The molecule has 1 radical (unpaired) electrons. The molecule has 309 valence electrons. The first kappa shape index (κ1) is 44.8. The van der Waals surface area contributed by atoms with Crippen molar-refractivity contribution in [2.45, 2.75) is 31.6 Å². The van der Waals surface area contributed by atoms with Crippen LogP contribution in [0.25, 0.3) is 21.0 Å². The molecule has 0 aliphatic heterocycles. The van der Waals surface area contributed by atoms with Gasteiger partial charge in [-0.25, -0.2) is 0 Å². The molecule has 0 bridgehead atoms. The number of hydrogen-bond donors (Lipinski definition) is 0. The first-order chi connectivity index (χ1) is 30.2. The van der Waals surface area contributed by atoms with E-state index in [2.05, 4.69) is 255 Å². The fourth-order valence-electron chi connectivity index (χ4n) is 8.80. The van der Waals surface area contributed by atoms with Crippen LogP contribution >= 0.6 is 14.7 Å². The molecule has 0 unspecified atom stereocenters. The molecule has 8 aromatic carbocycles. The van der Waals surface area contributed by atoms with E-state index in [0.717, 1.165) is 0 Å². The summed E-state index contributed by atoms with van der Waals surface area (Å²) < 4.78 is 0. The topological polar surface area (TPSA) is 0 Å². The first-order valence-electron chi connectivity index (χ1n) is 21.4. The SMILES string of the molecule is C1=C\CC/C=C\CC/1.[BH3-][P+](Cp1c2ccccc2c2ccccc21)(c1ccccc1)c1ccccc1.[Rh].c1ccc([B-](c2ccccc2)(c2ccccc2)c2ccccc2)cc1. The zero-order chi connectivity index (χ0) is 41.6. The molecule has 0 N–H and O–H groups in total. The maximum Gasteiger partial charge on any atom is 0.139 e. The zero-order valence-corrected chi connectivity index (χ0v) is 38.0. The van der Waals surface area contributed by atoms with Crippen LogP contribution < -0.4 is 32.5 Å². The normalized spacial score (nSPS) is 13.5. The van der Waals surface area contributed by atoms with Crippen molar-refractivity contribution in [3.8, 4) is 0 Å². The molecule has 1 heterocycles. The number of allylic oxidation sites excluding steroid dienone is 4. The third-order valence-electron chi connectivity index (χ3n) is 11.6. The van der Waals surface area contributed by atoms with Gasteiger partial charge in [0.1, 0.15) is 13.7 Å². The smallest absolute Gasteiger partial charge is 0.139 e. The third-order valence-corrected chi connectivity index (χ3v) is 17.7. The minimum atomic E-state index is -1.26. The van der Waals surface area contributed by atoms with Crippen LogP contribution in [-0.4, -0.2) is 13.7 Å². The van der Waals surface area contributed by atoms with Crippen LogP contribution in [0, 0.1) is 0 Å². The maximum absolute atomic E-state index is 2.40. The standard InChI is InChI=1S/C25H23BP2.C24H20B.C8H12.Rh/c26-28(20-11-3-1-4-12-20,21-13-5-2-6-14-21)19-27-24-17-9-7-15-22(24)23-16-8-10-18-25(23)27;1-5-13-21(14-6-1)25(22-15-7-2-8-16-22,23-17-9-3-10-18-23)24-19-11-4-12-20-24;1-2-4-6-8-7-5-3-1;/h1-18H,19H2,26H3;1-20H;1-2,7-8H,3-6H2;/q;-1;;/b;;2-1-,8-7-;. The van der Waals surface area contributed by atoms with Crippen molar-refractivity contribution in [3.05, 3.63) is 255 Å². The Morgan fingerprint density at radius 2 is 0.613 bits per heavy atom. The Bertz CT molecular complexity index is 2490. The van der Waals surface area contributed by atoms with E-state index < -0.39 is 13.3 Å². The summed E-state index contributed by atoms with van der Waals surface area (Å²) in [6, 6.07) is 84.7. The van der Waals surface area contributed by atoms with Gasteiger partial charge < -0.3 is 0 Å². The second-order valence-corrected chi connectivity index (χ2v) is 20.1. The molecule has 9 aromatic rings. The molecular formula is C57H55B2P2Rh-. The van der Waals surface area contributed by atoms with Crippen molar-refractivity contribution < 1.29 is 19.5 Å². The molecule has 1 aliphatic rings. The Morgan fingerprint density at radius 3 is 0.919 bits per heavy atom. The molecule has 0 spiro atoms. The summed E-state index contributed by atoms with van der Waals surface area (Å²) in [6.07, 6.45) is 12.8. The molecule has 10 rings (SSSR count). The van der Waals surface area contributed by atoms with E-state index in [1.54, 1.807) is 20.8 Å². The van der Waals surface area contributed by atoms with Crippen LogP contribution in [0.4, 0.5) is 0 Å². The molecule has 0 amide bonds. The van der Waals surface area contributed by atoms with Gasteiger partial charge in [-0.3, -0.25) is 0 Å². The molecule has 0 saturated heterocycles. The van der Waals surface area contributed by atoms with Gasteiger partial charge in [0, 0.05) is 29.7 Å². The molecule has 0 saturated carbocycles. The monoisotopic (exact) mass is 926 g/mol. The summed E-state index contributed by atoms with van der Waals surface area (Å²) in [4.78, 5) is 0. The molecule has 62 heavy (non-hydrogen) atoms. The van der Waals surface area contributed by atoms with Crippen molar-refractivity contribution in [3.63, 3.8) is 0 Å². The van der Waals surface area contributed by atoms with E-state index in [4.69, 9.17) is 0 Å². The van der Waals surface area contributed by atoms with E-state index in [-0.39, 0.29) is 34.6 Å². The summed E-state index contributed by atoms with van der Waals surface area (Å²) >= 11 is 0. The number of fused-ring (bicyclic) bond motifs is 3. The molecule has 0 nitrogen and oxygen atoms in total. The van der Waals surface area contributed by atoms with Gasteiger partial charge in [-0.15, -0.1) is 0 Å². The van der Waals surface area contributed by atoms with Gasteiger partial charge in [0.25, 0.3) is 0 Å². The van der Waals surface area contributed by atoms with Crippen molar-refractivity contribution in [2.24, 2.45) is 0 Å². The molecule has 0 atom stereocenters. The fraction of sp³-hybridized carbons (Fsp3) is 0.0877. The summed E-state index contributed by atoms with van der Waals surface area (Å²) in [5, 5.41) is 9.36. The summed E-state index contributed by atoms with van der Waals surface area (Å²) in [7, 11) is -1.44. The van der Waals surface area contributed by atoms with Gasteiger partial charge in [0.05, 0.1) is 16.5 Å². The molecular weight excluding hydrogens is 871 g/mol. The second-order valence-electron chi connectivity index (χ2n) is 15.3. The van der Waals surface area contributed by atoms with Crippen LogP contribution in [0.2, 0.25) is 0 Å². The van der Waals surface area contributed by atoms with Crippen LogP contribution in [0.15, 0.2) is 255 Å². The van der Waals surface area contributed by atoms with Gasteiger partial charge in [0.15, 0.2) is 0 Å². The minimum absolute atomic E-state index is 0. The van der Waals surface area contributed by atoms with Crippen molar-refractivity contribution in [2.75, 3.05) is 0 Å². The summed E-state index contributed by atoms with van der Waals surface area (Å²) in [5.41, 5.74) is 5.36. The van der Waals surface area contributed by atoms with Gasteiger partial charge in [0.2, 0.25) is 0 Å². The third kappa shape index (κ3) is 9.99. The Morgan fingerprint density at radius 1 is 0.355 bits per heavy atom. The molecule has 1 aromatic heterocycles. The van der Waals surface area contributed by atoms with Crippen LogP contribution in [0.5, 0.6) is 0 Å². The van der Waals surface area contributed by atoms with Gasteiger partial charge in [-0.05, 0) is 60.7 Å². The number of benzene rings is 8. The Kier molecular flexibility index (Phi) is 16.0. The minimum Gasteiger partial charge on any atom is -0.195 e. The largest absolute Gasteiger partial charge is 0.195 e. The molecule has 0 fully saturated rings. The predicted molar refractivity (Wildman–Crippen MR) is 280 cm³/mol. The number of rotatable bonds is 8. The quantitative estimate of drug-likeness (QED) is 0.0809. The van der Waals surface area contributed by atoms with Crippen LogP contribution in [0.3, 0.4) is 0 Å². The fourth-order valence-corrected chi connectivity index (χ4v) is 15.6. The molecule has 5 heteroatoms. The Balaban J connectivity index is 0.000000157. The van der Waals surface area contributed by atoms with E-state index in [1.807, 2.05) is 0 Å². The average molecular weight is 927 g/mol. The van der Waals surface area contributed by atoms with Crippen molar-refractivity contribution >= 4 is 81.9 Å². The van der Waals surface area contributed by atoms with E-state index in [1.165, 1.54) is 64.2 Å². The van der Waals surface area contributed by atoms with Gasteiger partial charge in [-0.2, -0.15) is 21.9 Å². The Labute approximate surface area is 385 Å². The summed E-state index contributed by atoms with van der Waals surface area (Å²) in [6.45, 7) is 0. The average Bonchev–Trinajstić information content (AvgIpc) is 3.64. The van der Waals surface area contributed by atoms with Crippen LogP contribution in [-0.2, 0) is 25.4 Å². The van der Waals surface area contributed by atoms with E-state index in [0.29, 0.717) is 0 Å². The van der Waals surface area contributed by atoms with E-state index in [9.17, 15) is 0 Å². The number of hydrogen-bond acceptors (Lipinski definition) is 0. The van der Waals surface area contributed by atoms with Gasteiger partial charge >= 0.3 is 0 Å². The van der Waals surface area contributed by atoms with E-state index >= 15 is 0 Å². The maximum atomic E-state index is 2.40. The van der Waals surface area contributed by atoms with Crippen molar-refractivity contribution in [1.29, 1.82) is 0 Å². The first-order valence-corrected chi connectivity index (χ1v) is 24.4. The van der Waals surface area contributed by atoms with Crippen LogP contribution in [0.1, 0.15) is 25.7 Å². The van der Waals surface area contributed by atoms with Gasteiger partial charge in [-0.1, -0.05) is 245 Å². The zero-order valence-electron chi connectivity index (χ0n) is 34.6. The second kappa shape index (κ2) is 22.2. The molecule has 1 aliphatic carbocycles. The van der Waals surface area contributed by atoms with Crippen molar-refractivity contribution in [1.82, 2.24) is 0 Å². The predicted octanol–water partition coefficient (Wildman–Crippen LogP) is 11.6. The Hall–Kier alpha value is -5.28.